The van der Waals surface area contributed by atoms with Crippen LogP contribution in [0.15, 0.2) is 52.1 Å². The first-order valence-electron chi connectivity index (χ1n) is 8.73. The minimum Gasteiger partial charge on any atom is -0.459 e. The molecule has 2 aromatic rings. The van der Waals surface area contributed by atoms with E-state index in [9.17, 15) is 4.79 Å². The number of hydrogen-bond donors (Lipinski definition) is 2. The maximum atomic E-state index is 12.0. The van der Waals surface area contributed by atoms with Gasteiger partial charge in [0.15, 0.2) is 11.7 Å². The molecule has 0 bridgehead atoms. The number of halogens is 1. The van der Waals surface area contributed by atoms with E-state index in [0.29, 0.717) is 12.3 Å². The Morgan fingerprint density at radius 1 is 1.19 bits per heavy atom. The molecule has 1 fully saturated rings. The fourth-order valence-corrected chi connectivity index (χ4v) is 2.81. The van der Waals surface area contributed by atoms with E-state index in [4.69, 9.17) is 9.41 Å². The van der Waals surface area contributed by atoms with Gasteiger partial charge in [0, 0.05) is 25.3 Å². The number of carbonyl (C=O) groups excluding carboxylic acids is 1. The largest absolute Gasteiger partial charge is 0.459 e. The Balaban J connectivity index is 0.00000243. The zero-order valence-corrected chi connectivity index (χ0v) is 17.2. The van der Waals surface area contributed by atoms with E-state index in [1.807, 2.05) is 24.3 Å². The zero-order valence-electron chi connectivity index (χ0n) is 14.9. The smallest absolute Gasteiger partial charge is 0.291 e. The molecule has 0 saturated carbocycles. The first kappa shape index (κ1) is 20.3. The van der Waals surface area contributed by atoms with Crippen molar-refractivity contribution in [3.05, 3.63) is 54.0 Å². The van der Waals surface area contributed by atoms with Gasteiger partial charge in [0.1, 0.15) is 0 Å². The molecule has 0 spiro atoms. The second-order valence-electron chi connectivity index (χ2n) is 5.99. The highest BCUT2D eigenvalue weighted by Gasteiger charge is 2.15. The lowest BCUT2D eigenvalue weighted by atomic mass is 10.2. The molecule has 2 heterocycles. The lowest BCUT2D eigenvalue weighted by Crippen LogP contribution is -2.39. The molecule has 140 valence electrons. The number of benzene rings is 1. The quantitative estimate of drug-likeness (QED) is 0.399. The van der Waals surface area contributed by atoms with Gasteiger partial charge < -0.3 is 20.0 Å². The van der Waals surface area contributed by atoms with Crippen molar-refractivity contribution in [2.45, 2.75) is 26.3 Å². The van der Waals surface area contributed by atoms with Crippen molar-refractivity contribution < 1.29 is 9.21 Å². The predicted octanol–water partition coefficient (Wildman–Crippen LogP) is 3.71. The van der Waals surface area contributed by atoms with E-state index in [0.717, 1.165) is 36.8 Å². The number of likely N-dealkylation sites (tertiary alicyclic amines) is 1. The number of hydrogen-bond acceptors (Lipinski definition) is 3. The average molecular weight is 468 g/mol. The summed E-state index contributed by atoms with van der Waals surface area (Å²) in [5.74, 6) is 1.03. The molecule has 26 heavy (non-hydrogen) atoms. The molecule has 6 nitrogen and oxygen atoms in total. The summed E-state index contributed by atoms with van der Waals surface area (Å²) in [5, 5.41) is 6.17. The molecular weight excluding hydrogens is 443 g/mol. The van der Waals surface area contributed by atoms with Gasteiger partial charge in [0.05, 0.1) is 12.8 Å². The number of amides is 1. The van der Waals surface area contributed by atoms with Crippen LogP contribution in [-0.2, 0) is 6.54 Å². The highest BCUT2D eigenvalue weighted by molar-refractivity contribution is 14.0. The number of furan rings is 1. The maximum Gasteiger partial charge on any atom is 0.291 e. The Morgan fingerprint density at radius 2 is 1.92 bits per heavy atom. The highest BCUT2D eigenvalue weighted by atomic mass is 127. The van der Waals surface area contributed by atoms with Crippen LogP contribution >= 0.6 is 24.0 Å². The summed E-state index contributed by atoms with van der Waals surface area (Å²) in [6.07, 6.45) is 3.95. The summed E-state index contributed by atoms with van der Waals surface area (Å²) in [6.45, 7) is 5.72. The van der Waals surface area contributed by atoms with Gasteiger partial charge in [-0.2, -0.15) is 0 Å². The molecule has 1 aliphatic heterocycles. The first-order chi connectivity index (χ1) is 12.3. The van der Waals surface area contributed by atoms with Crippen LogP contribution in [0.3, 0.4) is 0 Å². The third kappa shape index (κ3) is 5.48. The number of nitrogens with one attached hydrogen (secondary N) is 2. The van der Waals surface area contributed by atoms with E-state index in [-0.39, 0.29) is 29.9 Å². The van der Waals surface area contributed by atoms with Gasteiger partial charge in [0.25, 0.3) is 5.91 Å². The summed E-state index contributed by atoms with van der Waals surface area (Å²) >= 11 is 0. The molecule has 0 atom stereocenters. The fourth-order valence-electron chi connectivity index (χ4n) is 2.81. The lowest BCUT2D eigenvalue weighted by molar-refractivity contribution is 0.0996. The van der Waals surface area contributed by atoms with E-state index in [1.54, 1.807) is 12.1 Å². The van der Waals surface area contributed by atoms with Crippen LogP contribution in [0.25, 0.3) is 0 Å². The van der Waals surface area contributed by atoms with Crippen molar-refractivity contribution in [3.63, 3.8) is 0 Å². The van der Waals surface area contributed by atoms with Crippen LogP contribution in [0.4, 0.5) is 5.69 Å². The molecule has 1 aromatic heterocycles. The Kier molecular flexibility index (Phi) is 7.96. The molecule has 0 aliphatic carbocycles. The molecule has 0 radical (unpaired) electrons. The SMILES string of the molecule is CCNC(=NCc1ccc(NC(=O)c2ccco2)cc1)N1CCCC1.I. The van der Waals surface area contributed by atoms with Gasteiger partial charge in [0.2, 0.25) is 0 Å². The number of aliphatic imine (C=N–C) groups is 1. The molecular formula is C19H25IN4O2. The van der Waals surface area contributed by atoms with E-state index < -0.39 is 0 Å². The zero-order chi connectivity index (χ0) is 17.5. The van der Waals surface area contributed by atoms with Gasteiger partial charge in [-0.1, -0.05) is 12.1 Å². The normalized spacial score (nSPS) is 14.0. The van der Waals surface area contributed by atoms with Gasteiger partial charge in [-0.25, -0.2) is 4.99 Å². The van der Waals surface area contributed by atoms with Gasteiger partial charge in [-0.05, 0) is 49.6 Å². The fraction of sp³-hybridized carbons (Fsp3) is 0.368. The van der Waals surface area contributed by atoms with Crippen molar-refractivity contribution in [2.24, 2.45) is 4.99 Å². The summed E-state index contributed by atoms with van der Waals surface area (Å²) < 4.78 is 5.09. The van der Waals surface area contributed by atoms with E-state index >= 15 is 0 Å². The van der Waals surface area contributed by atoms with Crippen molar-refractivity contribution in [1.82, 2.24) is 10.2 Å². The van der Waals surface area contributed by atoms with Gasteiger partial charge >= 0.3 is 0 Å². The number of nitrogens with zero attached hydrogens (tertiary/aromatic N) is 2. The topological polar surface area (TPSA) is 69.9 Å². The minimum atomic E-state index is -0.251. The van der Waals surface area contributed by atoms with Crippen LogP contribution < -0.4 is 10.6 Å². The Labute approximate surface area is 171 Å². The Morgan fingerprint density at radius 3 is 2.54 bits per heavy atom. The minimum absolute atomic E-state index is 0. The molecule has 7 heteroatoms. The first-order valence-corrected chi connectivity index (χ1v) is 8.73. The number of rotatable bonds is 5. The van der Waals surface area contributed by atoms with Crippen molar-refractivity contribution in [1.29, 1.82) is 0 Å². The predicted molar refractivity (Wildman–Crippen MR) is 114 cm³/mol. The van der Waals surface area contributed by atoms with Crippen LogP contribution in [0, 0.1) is 0 Å². The molecule has 1 amide bonds. The summed E-state index contributed by atoms with van der Waals surface area (Å²) in [7, 11) is 0. The van der Waals surface area contributed by atoms with E-state index in [2.05, 4.69) is 22.5 Å². The number of anilines is 1. The average Bonchev–Trinajstić information content (AvgIpc) is 3.33. The number of carbonyl (C=O) groups is 1. The monoisotopic (exact) mass is 468 g/mol. The van der Waals surface area contributed by atoms with Crippen molar-refractivity contribution in [3.8, 4) is 0 Å². The van der Waals surface area contributed by atoms with Gasteiger partial charge in [-0.3, -0.25) is 4.79 Å². The van der Waals surface area contributed by atoms with Crippen LogP contribution in [0.1, 0.15) is 35.9 Å². The Hall–Kier alpha value is -2.03. The van der Waals surface area contributed by atoms with Gasteiger partial charge in [-0.15, -0.1) is 24.0 Å². The van der Waals surface area contributed by atoms with Crippen LogP contribution in [0.5, 0.6) is 0 Å². The Bertz CT molecular complexity index is 708. The highest BCUT2D eigenvalue weighted by Crippen LogP contribution is 2.13. The maximum absolute atomic E-state index is 12.0. The standard InChI is InChI=1S/C19H24N4O2.HI/c1-2-20-19(23-11-3-4-12-23)21-14-15-7-9-16(10-8-15)22-18(24)17-6-5-13-25-17;/h5-10,13H,2-4,11-12,14H2,1H3,(H,20,21)(H,22,24);1H. The molecule has 0 unspecified atom stereocenters. The molecule has 1 aromatic carbocycles. The second kappa shape index (κ2) is 10.2. The van der Waals surface area contributed by atoms with E-state index in [1.165, 1.54) is 19.1 Å². The van der Waals surface area contributed by atoms with Crippen LogP contribution in [-0.4, -0.2) is 36.4 Å². The van der Waals surface area contributed by atoms with Crippen molar-refractivity contribution in [2.75, 3.05) is 25.0 Å². The summed E-state index contributed by atoms with van der Waals surface area (Å²) in [6, 6.07) is 11.1. The van der Waals surface area contributed by atoms with Crippen molar-refractivity contribution >= 4 is 41.5 Å². The summed E-state index contributed by atoms with van der Waals surface area (Å²) in [5.41, 5.74) is 1.84. The summed E-state index contributed by atoms with van der Waals surface area (Å²) in [4.78, 5) is 19.0. The second-order valence-corrected chi connectivity index (χ2v) is 5.99. The third-order valence-corrected chi connectivity index (χ3v) is 4.11. The molecule has 3 rings (SSSR count). The molecule has 1 saturated heterocycles. The number of guanidine groups is 1. The third-order valence-electron chi connectivity index (χ3n) is 4.11. The van der Waals surface area contributed by atoms with Crippen LogP contribution in [0.2, 0.25) is 0 Å². The molecule has 2 N–H and O–H groups in total. The molecule has 1 aliphatic rings. The lowest BCUT2D eigenvalue weighted by Gasteiger charge is -2.20.